The van der Waals surface area contributed by atoms with E-state index in [1.165, 1.54) is 12.1 Å². The predicted molar refractivity (Wildman–Crippen MR) is 148 cm³/mol. The number of pyridine rings is 1. The predicted octanol–water partition coefficient (Wildman–Crippen LogP) is 6.78. The summed E-state index contributed by atoms with van der Waals surface area (Å²) in [7, 11) is 1.69. The second-order valence-corrected chi connectivity index (χ2v) is 9.78. The number of benzene rings is 3. The first-order valence-electron chi connectivity index (χ1n) is 12.3. The molecule has 4 aromatic rings. The smallest absolute Gasteiger partial charge is 0.407 e. The molecule has 0 unspecified atom stereocenters. The second-order valence-electron chi connectivity index (χ2n) is 9.35. The molecule has 1 atom stereocenters. The Kier molecular flexibility index (Phi) is 8.59. The van der Waals surface area contributed by atoms with E-state index < -0.39 is 11.9 Å². The van der Waals surface area contributed by atoms with E-state index in [1.807, 2.05) is 43.3 Å². The molecule has 0 saturated heterocycles. The zero-order valence-electron chi connectivity index (χ0n) is 21.5. The topological polar surface area (TPSA) is 71.5 Å². The van der Waals surface area contributed by atoms with Gasteiger partial charge in [-0.05, 0) is 67.3 Å². The van der Waals surface area contributed by atoms with Gasteiger partial charge in [0.1, 0.15) is 12.4 Å². The Morgan fingerprint density at radius 3 is 2.61 bits per heavy atom. The van der Waals surface area contributed by atoms with E-state index >= 15 is 0 Å². The standard InChI is InChI=1S/C30H29ClFN3O3/c1-19-13-22(15-24(32)14-19)26-17-33-27-10-9-23(31)16-25(27)28(26)29(36)35(3)12-11-20(2)34-30(37)38-18-21-7-5-4-6-8-21/h4-10,13-17,20H,11-12,18H2,1-3H3,(H,34,37)/t20-/m0/s1. The number of carbonyl (C=O) groups is 2. The maximum absolute atomic E-state index is 14.3. The van der Waals surface area contributed by atoms with Crippen LogP contribution in [-0.4, -0.2) is 41.5 Å². The lowest BCUT2D eigenvalue weighted by molar-refractivity contribution is 0.0792. The molecule has 2 amide bonds. The van der Waals surface area contributed by atoms with Crippen LogP contribution in [0.4, 0.5) is 9.18 Å². The van der Waals surface area contributed by atoms with Gasteiger partial charge in [-0.15, -0.1) is 0 Å². The van der Waals surface area contributed by atoms with Gasteiger partial charge in [0.25, 0.3) is 5.91 Å². The number of hydrogen-bond acceptors (Lipinski definition) is 4. The number of amides is 2. The Morgan fingerprint density at radius 2 is 1.87 bits per heavy atom. The van der Waals surface area contributed by atoms with E-state index in [4.69, 9.17) is 16.3 Å². The van der Waals surface area contributed by atoms with Gasteiger partial charge in [-0.25, -0.2) is 9.18 Å². The minimum atomic E-state index is -0.520. The molecule has 0 aliphatic carbocycles. The van der Waals surface area contributed by atoms with Crippen LogP contribution in [0.1, 0.15) is 34.8 Å². The molecule has 1 aromatic heterocycles. The van der Waals surface area contributed by atoms with Crippen LogP contribution in [0, 0.1) is 12.7 Å². The number of carbonyl (C=O) groups excluding carboxylic acids is 2. The SMILES string of the molecule is Cc1cc(F)cc(-c2cnc3ccc(Cl)cc3c2C(=O)N(C)CC[C@H](C)NC(=O)OCc2ccccc2)c1. The van der Waals surface area contributed by atoms with Crippen molar-refractivity contribution in [1.29, 1.82) is 0 Å². The highest BCUT2D eigenvalue weighted by Gasteiger charge is 2.22. The highest BCUT2D eigenvalue weighted by Crippen LogP contribution is 2.32. The van der Waals surface area contributed by atoms with Gasteiger partial charge in [0.2, 0.25) is 0 Å². The quantitative estimate of drug-likeness (QED) is 0.271. The lowest BCUT2D eigenvalue weighted by Crippen LogP contribution is -2.37. The number of aryl methyl sites for hydroxylation is 1. The van der Waals surface area contributed by atoms with Crippen LogP contribution in [0.25, 0.3) is 22.0 Å². The zero-order chi connectivity index (χ0) is 27.2. The normalized spacial score (nSPS) is 11.7. The van der Waals surface area contributed by atoms with Crippen LogP contribution in [0.3, 0.4) is 0 Å². The Balaban J connectivity index is 1.50. The second kappa shape index (κ2) is 12.0. The molecular weight excluding hydrogens is 505 g/mol. The Labute approximate surface area is 226 Å². The summed E-state index contributed by atoms with van der Waals surface area (Å²) in [5, 5.41) is 3.86. The number of hydrogen-bond donors (Lipinski definition) is 1. The molecule has 38 heavy (non-hydrogen) atoms. The lowest BCUT2D eigenvalue weighted by Gasteiger charge is -2.22. The highest BCUT2D eigenvalue weighted by molar-refractivity contribution is 6.31. The van der Waals surface area contributed by atoms with Crippen LogP contribution in [0.15, 0.2) is 72.9 Å². The minimum Gasteiger partial charge on any atom is -0.445 e. The fourth-order valence-electron chi connectivity index (χ4n) is 4.22. The highest BCUT2D eigenvalue weighted by atomic mass is 35.5. The van der Waals surface area contributed by atoms with E-state index in [1.54, 1.807) is 43.3 Å². The van der Waals surface area contributed by atoms with E-state index in [0.29, 0.717) is 45.6 Å². The summed E-state index contributed by atoms with van der Waals surface area (Å²) < 4.78 is 19.6. The van der Waals surface area contributed by atoms with Gasteiger partial charge in [-0.3, -0.25) is 9.78 Å². The van der Waals surface area contributed by atoms with Crippen molar-refractivity contribution in [3.05, 3.63) is 100 Å². The van der Waals surface area contributed by atoms with E-state index in [0.717, 1.165) is 11.1 Å². The van der Waals surface area contributed by atoms with Gasteiger partial charge in [0.05, 0.1) is 11.1 Å². The summed E-state index contributed by atoms with van der Waals surface area (Å²) in [6.07, 6.45) is 1.58. The number of fused-ring (bicyclic) bond motifs is 1. The molecule has 0 aliphatic heterocycles. The number of rotatable bonds is 8. The van der Waals surface area contributed by atoms with E-state index in [9.17, 15) is 14.0 Å². The average Bonchev–Trinajstić information content (AvgIpc) is 2.89. The first kappa shape index (κ1) is 27.1. The molecule has 0 aliphatic rings. The third kappa shape index (κ3) is 6.66. The van der Waals surface area contributed by atoms with Crippen molar-refractivity contribution < 1.29 is 18.7 Å². The van der Waals surface area contributed by atoms with E-state index in [2.05, 4.69) is 10.3 Å². The monoisotopic (exact) mass is 533 g/mol. The van der Waals surface area contributed by atoms with Crippen LogP contribution in [-0.2, 0) is 11.3 Å². The molecule has 0 bridgehead atoms. The third-order valence-electron chi connectivity index (χ3n) is 6.22. The number of alkyl carbamates (subject to hydrolysis) is 1. The van der Waals surface area contributed by atoms with Gasteiger partial charge in [-0.2, -0.15) is 0 Å². The molecule has 0 spiro atoms. The maximum Gasteiger partial charge on any atom is 0.407 e. The molecule has 8 heteroatoms. The van der Waals surface area contributed by atoms with Crippen LogP contribution in [0.2, 0.25) is 5.02 Å². The van der Waals surface area contributed by atoms with E-state index in [-0.39, 0.29) is 18.6 Å². The van der Waals surface area contributed by atoms with Crippen LogP contribution < -0.4 is 5.32 Å². The number of nitrogens with zero attached hydrogens (tertiary/aromatic N) is 2. The number of halogens is 2. The number of ether oxygens (including phenoxy) is 1. The molecule has 1 N–H and O–H groups in total. The zero-order valence-corrected chi connectivity index (χ0v) is 22.3. The van der Waals surface area contributed by atoms with Gasteiger partial charge >= 0.3 is 6.09 Å². The fraction of sp³-hybridized carbons (Fsp3) is 0.233. The Bertz CT molecular complexity index is 1440. The van der Waals surface area contributed by atoms with Crippen molar-refractivity contribution in [2.24, 2.45) is 0 Å². The lowest BCUT2D eigenvalue weighted by atomic mass is 9.95. The van der Waals surface area contributed by atoms with Gasteiger partial charge in [0, 0.05) is 41.8 Å². The van der Waals surface area contributed by atoms with Crippen molar-refractivity contribution >= 4 is 34.5 Å². The van der Waals surface area contributed by atoms with Crippen molar-refractivity contribution in [2.45, 2.75) is 32.9 Å². The van der Waals surface area contributed by atoms with Crippen molar-refractivity contribution in [3.63, 3.8) is 0 Å². The van der Waals surface area contributed by atoms with Crippen LogP contribution in [0.5, 0.6) is 0 Å². The Hall–Kier alpha value is -3.97. The largest absolute Gasteiger partial charge is 0.445 e. The molecule has 1 heterocycles. The first-order chi connectivity index (χ1) is 18.2. The Morgan fingerprint density at radius 1 is 1.11 bits per heavy atom. The van der Waals surface area contributed by atoms with Gasteiger partial charge < -0.3 is 15.0 Å². The molecule has 0 fully saturated rings. The first-order valence-corrected chi connectivity index (χ1v) is 12.7. The molecule has 4 rings (SSSR count). The van der Waals surface area contributed by atoms with Gasteiger partial charge in [-0.1, -0.05) is 48.0 Å². The minimum absolute atomic E-state index is 0.178. The summed E-state index contributed by atoms with van der Waals surface area (Å²) in [6.45, 7) is 4.19. The number of aromatic nitrogens is 1. The third-order valence-corrected chi connectivity index (χ3v) is 6.45. The maximum atomic E-state index is 14.3. The summed E-state index contributed by atoms with van der Waals surface area (Å²) in [6, 6.07) is 19.0. The molecule has 0 saturated carbocycles. The van der Waals surface area contributed by atoms with Gasteiger partial charge in [0.15, 0.2) is 0 Å². The molecule has 6 nitrogen and oxygen atoms in total. The molecular formula is C30H29ClFN3O3. The summed E-state index contributed by atoms with van der Waals surface area (Å²) in [5.74, 6) is -0.646. The average molecular weight is 534 g/mol. The fourth-order valence-corrected chi connectivity index (χ4v) is 4.40. The summed E-state index contributed by atoms with van der Waals surface area (Å²) in [5.41, 5.74) is 3.72. The molecule has 0 radical (unpaired) electrons. The summed E-state index contributed by atoms with van der Waals surface area (Å²) >= 11 is 6.27. The van der Waals surface area contributed by atoms with Crippen molar-refractivity contribution in [3.8, 4) is 11.1 Å². The van der Waals surface area contributed by atoms with Crippen molar-refractivity contribution in [1.82, 2.24) is 15.2 Å². The summed E-state index contributed by atoms with van der Waals surface area (Å²) in [4.78, 5) is 32.1. The molecule has 3 aromatic carbocycles. The van der Waals surface area contributed by atoms with Crippen molar-refractivity contribution in [2.75, 3.05) is 13.6 Å². The number of nitrogens with one attached hydrogen (secondary N) is 1. The molecule has 196 valence electrons. The van der Waals surface area contributed by atoms with Crippen LogP contribution >= 0.6 is 11.6 Å².